The molecule has 0 bridgehead atoms. The Balaban J connectivity index is 1.07. The third kappa shape index (κ3) is 6.43. The number of rotatable bonds is 9. The molecule has 0 aliphatic carbocycles. The first kappa shape index (κ1) is 27.0. The Morgan fingerprint density at radius 1 is 0.854 bits per heavy atom. The van der Waals surface area contributed by atoms with E-state index in [1.807, 2.05) is 71.4 Å². The number of furan rings is 1. The van der Waals surface area contributed by atoms with Gasteiger partial charge in [0.1, 0.15) is 5.69 Å². The third-order valence-corrected chi connectivity index (χ3v) is 7.69. The van der Waals surface area contributed by atoms with Crippen molar-refractivity contribution in [2.24, 2.45) is 0 Å². The van der Waals surface area contributed by atoms with Crippen LogP contribution in [0.2, 0.25) is 5.02 Å². The molecule has 1 atom stereocenters. The van der Waals surface area contributed by atoms with Crippen molar-refractivity contribution >= 4 is 17.5 Å². The quantitative estimate of drug-likeness (QED) is 0.244. The van der Waals surface area contributed by atoms with Gasteiger partial charge in [0.05, 0.1) is 36.8 Å². The summed E-state index contributed by atoms with van der Waals surface area (Å²) < 4.78 is 7.49. The zero-order valence-electron chi connectivity index (χ0n) is 22.7. The van der Waals surface area contributed by atoms with Gasteiger partial charge < -0.3 is 9.73 Å². The molecule has 1 aliphatic rings. The van der Waals surface area contributed by atoms with Gasteiger partial charge >= 0.3 is 0 Å². The molecule has 41 heavy (non-hydrogen) atoms. The van der Waals surface area contributed by atoms with Crippen molar-refractivity contribution in [1.82, 2.24) is 24.9 Å². The van der Waals surface area contributed by atoms with Crippen molar-refractivity contribution in [1.29, 1.82) is 0 Å². The van der Waals surface area contributed by atoms with Crippen LogP contribution in [0, 0.1) is 0 Å². The number of benzene rings is 3. The lowest BCUT2D eigenvalue weighted by atomic mass is 9.96. The SMILES string of the molecule is O=C(CN1CCN(C(c2ccccc2)c2ccc(Cl)cc2)CC1)NCc1cc(-c2ccco2)n(-c2ccccc2)n1. The van der Waals surface area contributed by atoms with E-state index in [1.165, 1.54) is 11.1 Å². The molecule has 0 saturated carbocycles. The summed E-state index contributed by atoms with van der Waals surface area (Å²) in [4.78, 5) is 17.6. The topological polar surface area (TPSA) is 66.5 Å². The first-order valence-electron chi connectivity index (χ1n) is 13.9. The van der Waals surface area contributed by atoms with E-state index in [-0.39, 0.29) is 11.9 Å². The second-order valence-corrected chi connectivity index (χ2v) is 10.6. The van der Waals surface area contributed by atoms with E-state index in [0.29, 0.717) is 13.1 Å². The number of para-hydroxylation sites is 1. The van der Waals surface area contributed by atoms with Crippen molar-refractivity contribution in [2.45, 2.75) is 12.6 Å². The number of carbonyl (C=O) groups is 1. The zero-order chi connectivity index (χ0) is 28.0. The maximum Gasteiger partial charge on any atom is 0.234 e. The van der Waals surface area contributed by atoms with Gasteiger partial charge in [-0.25, -0.2) is 4.68 Å². The van der Waals surface area contributed by atoms with E-state index in [9.17, 15) is 4.79 Å². The van der Waals surface area contributed by atoms with Crippen molar-refractivity contribution in [2.75, 3.05) is 32.7 Å². The molecule has 1 amide bonds. The molecule has 208 valence electrons. The standard InChI is InChI=1S/C33H32ClN5O2/c34-27-15-13-26(14-16-27)33(25-8-3-1-4-9-25)38-19-17-37(18-20-38)24-32(40)35-23-28-22-30(31-12-7-21-41-31)39(36-28)29-10-5-2-6-11-29/h1-16,21-22,33H,17-20,23-24H2,(H,35,40). The average Bonchev–Trinajstić information content (AvgIpc) is 3.70. The number of nitrogens with zero attached hydrogens (tertiary/aromatic N) is 4. The number of aromatic nitrogens is 2. The molecule has 0 radical (unpaired) electrons. The molecule has 1 N–H and O–H groups in total. The summed E-state index contributed by atoms with van der Waals surface area (Å²) in [6.07, 6.45) is 1.65. The Morgan fingerprint density at radius 2 is 1.54 bits per heavy atom. The minimum absolute atomic E-state index is 0.00966. The molecule has 7 nitrogen and oxygen atoms in total. The van der Waals surface area contributed by atoms with E-state index < -0.39 is 0 Å². The highest BCUT2D eigenvalue weighted by atomic mass is 35.5. The number of amides is 1. The third-order valence-electron chi connectivity index (χ3n) is 7.44. The zero-order valence-corrected chi connectivity index (χ0v) is 23.5. The Kier molecular flexibility index (Phi) is 8.28. The minimum atomic E-state index is -0.00966. The van der Waals surface area contributed by atoms with Gasteiger partial charge in [0.2, 0.25) is 5.91 Å². The van der Waals surface area contributed by atoms with Gasteiger partial charge in [-0.3, -0.25) is 14.6 Å². The molecule has 1 aliphatic heterocycles. The van der Waals surface area contributed by atoms with Gasteiger partial charge in [0, 0.05) is 31.2 Å². The molecule has 3 aromatic carbocycles. The van der Waals surface area contributed by atoms with Crippen LogP contribution in [0.1, 0.15) is 22.9 Å². The summed E-state index contributed by atoms with van der Waals surface area (Å²) in [7, 11) is 0. The first-order chi connectivity index (χ1) is 20.1. The summed E-state index contributed by atoms with van der Waals surface area (Å²) in [5.41, 5.74) is 5.02. The number of nitrogens with one attached hydrogen (secondary N) is 1. The fraction of sp³-hybridized carbons (Fsp3) is 0.212. The van der Waals surface area contributed by atoms with Gasteiger partial charge in [0.15, 0.2) is 5.76 Å². The smallest absolute Gasteiger partial charge is 0.234 e. The summed E-state index contributed by atoms with van der Waals surface area (Å²) in [5.74, 6) is 0.716. The summed E-state index contributed by atoms with van der Waals surface area (Å²) in [6.45, 7) is 4.06. The lowest BCUT2D eigenvalue weighted by Crippen LogP contribution is -2.50. The molecular formula is C33H32ClN5O2. The van der Waals surface area contributed by atoms with Gasteiger partial charge in [0.25, 0.3) is 0 Å². The van der Waals surface area contributed by atoms with E-state index in [2.05, 4.69) is 51.5 Å². The predicted molar refractivity (Wildman–Crippen MR) is 161 cm³/mol. The fourth-order valence-electron chi connectivity index (χ4n) is 5.40. The number of hydrogen-bond donors (Lipinski definition) is 1. The lowest BCUT2D eigenvalue weighted by Gasteiger charge is -2.39. The van der Waals surface area contributed by atoms with E-state index in [1.54, 1.807) is 6.26 Å². The van der Waals surface area contributed by atoms with Gasteiger partial charge in [-0.15, -0.1) is 0 Å². The first-order valence-corrected chi connectivity index (χ1v) is 14.2. The molecule has 2 aromatic heterocycles. The maximum atomic E-state index is 12.9. The number of carbonyl (C=O) groups excluding carboxylic acids is 1. The van der Waals surface area contributed by atoms with Crippen LogP contribution in [0.25, 0.3) is 17.1 Å². The van der Waals surface area contributed by atoms with E-state index in [0.717, 1.165) is 54.0 Å². The molecule has 8 heteroatoms. The van der Waals surface area contributed by atoms with E-state index >= 15 is 0 Å². The molecule has 6 rings (SSSR count). The second-order valence-electron chi connectivity index (χ2n) is 10.2. The Bertz CT molecular complexity index is 1540. The lowest BCUT2D eigenvalue weighted by molar-refractivity contribution is -0.122. The average molecular weight is 566 g/mol. The van der Waals surface area contributed by atoms with Crippen LogP contribution in [0.4, 0.5) is 0 Å². The minimum Gasteiger partial charge on any atom is -0.463 e. The number of halogens is 1. The molecule has 0 spiro atoms. The molecule has 1 fully saturated rings. The van der Waals surface area contributed by atoms with Crippen LogP contribution >= 0.6 is 11.6 Å². The van der Waals surface area contributed by atoms with Crippen molar-refractivity contribution < 1.29 is 9.21 Å². The monoisotopic (exact) mass is 565 g/mol. The molecular weight excluding hydrogens is 534 g/mol. The molecule has 5 aromatic rings. The van der Waals surface area contributed by atoms with Crippen molar-refractivity contribution in [3.05, 3.63) is 131 Å². The van der Waals surface area contributed by atoms with Gasteiger partial charge in [-0.05, 0) is 53.6 Å². The molecule has 1 saturated heterocycles. The van der Waals surface area contributed by atoms with Gasteiger partial charge in [-0.1, -0.05) is 72.3 Å². The number of hydrogen-bond acceptors (Lipinski definition) is 5. The fourth-order valence-corrected chi connectivity index (χ4v) is 5.53. The van der Waals surface area contributed by atoms with Crippen LogP contribution in [0.3, 0.4) is 0 Å². The summed E-state index contributed by atoms with van der Waals surface area (Å²) >= 11 is 6.17. The molecule has 3 heterocycles. The van der Waals surface area contributed by atoms with Crippen molar-refractivity contribution in [3.63, 3.8) is 0 Å². The normalized spacial score (nSPS) is 15.0. The van der Waals surface area contributed by atoms with Crippen LogP contribution in [0.15, 0.2) is 114 Å². The highest BCUT2D eigenvalue weighted by Gasteiger charge is 2.27. The maximum absolute atomic E-state index is 12.9. The summed E-state index contributed by atoms with van der Waals surface area (Å²) in [5, 5.41) is 8.56. The van der Waals surface area contributed by atoms with E-state index in [4.69, 9.17) is 21.1 Å². The Morgan fingerprint density at radius 3 is 2.22 bits per heavy atom. The Labute approximate surface area is 245 Å². The highest BCUT2D eigenvalue weighted by Crippen LogP contribution is 2.30. The number of piperazine rings is 1. The van der Waals surface area contributed by atoms with Crippen LogP contribution in [-0.4, -0.2) is 58.2 Å². The Hall–Kier alpha value is -4.17. The highest BCUT2D eigenvalue weighted by molar-refractivity contribution is 6.30. The summed E-state index contributed by atoms with van der Waals surface area (Å²) in [6, 6.07) is 34.5. The largest absolute Gasteiger partial charge is 0.463 e. The van der Waals surface area contributed by atoms with Gasteiger partial charge in [-0.2, -0.15) is 5.10 Å². The molecule has 1 unspecified atom stereocenters. The predicted octanol–water partition coefficient (Wildman–Crippen LogP) is 5.81. The van der Waals surface area contributed by atoms with Crippen LogP contribution in [0.5, 0.6) is 0 Å². The van der Waals surface area contributed by atoms with Crippen molar-refractivity contribution in [3.8, 4) is 17.1 Å². The van der Waals surface area contributed by atoms with Crippen LogP contribution < -0.4 is 5.32 Å². The van der Waals surface area contributed by atoms with Crippen LogP contribution in [-0.2, 0) is 11.3 Å². The second kappa shape index (κ2) is 12.6.